The predicted octanol–water partition coefficient (Wildman–Crippen LogP) is 1.60. The minimum absolute atomic E-state index is 0.0535. The lowest BCUT2D eigenvalue weighted by molar-refractivity contribution is 0.434. The summed E-state index contributed by atoms with van der Waals surface area (Å²) in [5, 5.41) is 7.65. The standard InChI is InChI=1S/C13H21BrN4O/c1-3-17(10-6-5-7-15-8-10)11-9-16-18(4-2)13(19)12(11)14/h9-10,15H,3-8H2,1-2H3. The monoisotopic (exact) mass is 328 g/mol. The molecule has 1 fully saturated rings. The van der Waals surface area contributed by atoms with E-state index < -0.39 is 0 Å². The number of hydrogen-bond acceptors (Lipinski definition) is 4. The summed E-state index contributed by atoms with van der Waals surface area (Å²) in [6, 6.07) is 0.439. The number of aryl methyl sites for hydroxylation is 1. The Kier molecular flexibility index (Phi) is 4.99. The molecule has 0 bridgehead atoms. The molecular formula is C13H21BrN4O. The maximum atomic E-state index is 12.1. The molecule has 0 aromatic carbocycles. The fourth-order valence-corrected chi connectivity index (χ4v) is 3.14. The van der Waals surface area contributed by atoms with Gasteiger partial charge in [-0.2, -0.15) is 5.10 Å². The smallest absolute Gasteiger partial charge is 0.283 e. The van der Waals surface area contributed by atoms with E-state index in [0.29, 0.717) is 17.1 Å². The summed E-state index contributed by atoms with van der Waals surface area (Å²) < 4.78 is 2.09. The van der Waals surface area contributed by atoms with Gasteiger partial charge in [-0.1, -0.05) is 0 Å². The van der Waals surface area contributed by atoms with Crippen LogP contribution in [0.15, 0.2) is 15.5 Å². The van der Waals surface area contributed by atoms with Gasteiger partial charge in [0.15, 0.2) is 0 Å². The van der Waals surface area contributed by atoms with E-state index in [1.165, 1.54) is 11.1 Å². The molecule has 1 unspecified atom stereocenters. The summed E-state index contributed by atoms with van der Waals surface area (Å²) in [7, 11) is 0. The molecule has 1 aromatic rings. The number of rotatable bonds is 4. The zero-order valence-corrected chi connectivity index (χ0v) is 13.1. The quantitative estimate of drug-likeness (QED) is 0.912. The van der Waals surface area contributed by atoms with Crippen molar-refractivity contribution in [3.05, 3.63) is 21.0 Å². The Hall–Kier alpha value is -0.880. The first kappa shape index (κ1) is 14.5. The Bertz CT molecular complexity index is 482. The van der Waals surface area contributed by atoms with Crippen molar-refractivity contribution in [2.75, 3.05) is 24.5 Å². The van der Waals surface area contributed by atoms with E-state index in [2.05, 4.69) is 38.2 Å². The van der Waals surface area contributed by atoms with Crippen LogP contribution < -0.4 is 15.8 Å². The van der Waals surface area contributed by atoms with Gasteiger partial charge in [0.25, 0.3) is 5.56 Å². The maximum Gasteiger partial charge on any atom is 0.283 e. The molecule has 0 saturated carbocycles. The average Bonchev–Trinajstić information content (AvgIpc) is 2.45. The van der Waals surface area contributed by atoms with Crippen molar-refractivity contribution in [3.8, 4) is 0 Å². The highest BCUT2D eigenvalue weighted by atomic mass is 79.9. The summed E-state index contributed by atoms with van der Waals surface area (Å²) in [5.41, 5.74) is 0.855. The summed E-state index contributed by atoms with van der Waals surface area (Å²) in [6.07, 6.45) is 4.13. The van der Waals surface area contributed by atoms with Gasteiger partial charge >= 0.3 is 0 Å². The van der Waals surface area contributed by atoms with Crippen molar-refractivity contribution in [2.45, 2.75) is 39.3 Å². The molecule has 1 aliphatic heterocycles. The van der Waals surface area contributed by atoms with Gasteiger partial charge in [-0.25, -0.2) is 4.68 Å². The van der Waals surface area contributed by atoms with Crippen molar-refractivity contribution < 1.29 is 0 Å². The average molecular weight is 329 g/mol. The van der Waals surface area contributed by atoms with Gasteiger partial charge in [-0.3, -0.25) is 4.79 Å². The Morgan fingerprint density at radius 2 is 2.37 bits per heavy atom. The van der Waals surface area contributed by atoms with Crippen LogP contribution in [0, 0.1) is 0 Å². The summed E-state index contributed by atoms with van der Waals surface area (Å²) in [5.74, 6) is 0. The van der Waals surface area contributed by atoms with Gasteiger partial charge in [0.2, 0.25) is 0 Å². The number of nitrogens with zero attached hydrogens (tertiary/aromatic N) is 3. The molecule has 0 aliphatic carbocycles. The van der Waals surface area contributed by atoms with Crippen LogP contribution >= 0.6 is 15.9 Å². The molecule has 5 nitrogen and oxygen atoms in total. The minimum Gasteiger partial charge on any atom is -0.365 e. The lowest BCUT2D eigenvalue weighted by atomic mass is 10.1. The van der Waals surface area contributed by atoms with Gasteiger partial charge in [0.05, 0.1) is 11.9 Å². The number of piperidine rings is 1. The van der Waals surface area contributed by atoms with Crippen molar-refractivity contribution >= 4 is 21.6 Å². The first-order valence-corrected chi connectivity index (χ1v) is 7.71. The normalized spacial score (nSPS) is 19.4. The summed E-state index contributed by atoms with van der Waals surface area (Å²) in [6.45, 7) is 7.56. The minimum atomic E-state index is -0.0535. The van der Waals surface area contributed by atoms with Gasteiger partial charge in [-0.15, -0.1) is 0 Å². The van der Waals surface area contributed by atoms with Crippen molar-refractivity contribution in [1.29, 1.82) is 0 Å². The second kappa shape index (κ2) is 6.52. The van der Waals surface area contributed by atoms with E-state index >= 15 is 0 Å². The highest BCUT2D eigenvalue weighted by molar-refractivity contribution is 9.10. The van der Waals surface area contributed by atoms with E-state index in [-0.39, 0.29) is 5.56 Å². The van der Waals surface area contributed by atoms with Crippen molar-refractivity contribution in [3.63, 3.8) is 0 Å². The van der Waals surface area contributed by atoms with Crippen molar-refractivity contribution in [2.24, 2.45) is 0 Å². The van der Waals surface area contributed by atoms with Gasteiger partial charge in [0.1, 0.15) is 4.47 Å². The molecule has 19 heavy (non-hydrogen) atoms. The van der Waals surface area contributed by atoms with Crippen LogP contribution in [0.2, 0.25) is 0 Å². The molecule has 0 amide bonds. The van der Waals surface area contributed by atoms with Crippen LogP contribution in [0.3, 0.4) is 0 Å². The third-order valence-electron chi connectivity index (χ3n) is 3.63. The van der Waals surface area contributed by atoms with Crippen LogP contribution in [0.4, 0.5) is 5.69 Å². The number of likely N-dealkylation sites (N-methyl/N-ethyl adjacent to an activating group) is 1. The van der Waals surface area contributed by atoms with E-state index in [4.69, 9.17) is 0 Å². The lowest BCUT2D eigenvalue weighted by Gasteiger charge is -2.35. The zero-order chi connectivity index (χ0) is 13.8. The van der Waals surface area contributed by atoms with Gasteiger partial charge in [-0.05, 0) is 49.2 Å². The second-order valence-corrected chi connectivity index (χ2v) is 5.54. The molecule has 1 atom stereocenters. The Labute approximate surface area is 122 Å². The number of hydrogen-bond donors (Lipinski definition) is 1. The molecule has 2 rings (SSSR count). The molecular weight excluding hydrogens is 308 g/mol. The number of aromatic nitrogens is 2. The van der Waals surface area contributed by atoms with Crippen LogP contribution in [-0.4, -0.2) is 35.5 Å². The maximum absolute atomic E-state index is 12.1. The molecule has 1 aromatic heterocycles. The zero-order valence-electron chi connectivity index (χ0n) is 11.5. The first-order chi connectivity index (χ1) is 9.19. The molecule has 6 heteroatoms. The fraction of sp³-hybridized carbons (Fsp3) is 0.692. The van der Waals surface area contributed by atoms with Gasteiger partial charge < -0.3 is 10.2 Å². The molecule has 2 heterocycles. The fourth-order valence-electron chi connectivity index (χ4n) is 2.61. The Balaban J connectivity index is 2.32. The Morgan fingerprint density at radius 3 is 2.95 bits per heavy atom. The van der Waals surface area contributed by atoms with E-state index in [0.717, 1.165) is 31.7 Å². The number of halogens is 1. The van der Waals surface area contributed by atoms with Crippen LogP contribution in [0.25, 0.3) is 0 Å². The van der Waals surface area contributed by atoms with Gasteiger partial charge in [0, 0.05) is 25.7 Å². The topological polar surface area (TPSA) is 50.2 Å². The molecule has 1 aliphatic rings. The van der Waals surface area contributed by atoms with Crippen molar-refractivity contribution in [1.82, 2.24) is 15.1 Å². The summed E-state index contributed by atoms with van der Waals surface area (Å²) in [4.78, 5) is 14.4. The highest BCUT2D eigenvalue weighted by Crippen LogP contribution is 2.25. The molecule has 0 radical (unpaired) electrons. The summed E-state index contributed by atoms with van der Waals surface area (Å²) >= 11 is 3.44. The third-order valence-corrected chi connectivity index (χ3v) is 4.37. The third kappa shape index (κ3) is 3.00. The molecule has 1 N–H and O–H groups in total. The number of anilines is 1. The Morgan fingerprint density at radius 1 is 1.58 bits per heavy atom. The van der Waals surface area contributed by atoms with Crippen LogP contribution in [0.5, 0.6) is 0 Å². The lowest BCUT2D eigenvalue weighted by Crippen LogP contribution is -2.46. The molecule has 106 valence electrons. The number of nitrogens with one attached hydrogen (secondary N) is 1. The second-order valence-electron chi connectivity index (χ2n) is 4.75. The van der Waals surface area contributed by atoms with Crippen LogP contribution in [0.1, 0.15) is 26.7 Å². The molecule has 1 saturated heterocycles. The largest absolute Gasteiger partial charge is 0.365 e. The van der Waals surface area contributed by atoms with Crippen LogP contribution in [-0.2, 0) is 6.54 Å². The SMILES string of the molecule is CCN(c1cnn(CC)c(=O)c1Br)C1CCCNC1. The predicted molar refractivity (Wildman–Crippen MR) is 80.8 cm³/mol. The van der Waals surface area contributed by atoms with E-state index in [1.807, 2.05) is 6.92 Å². The van der Waals surface area contributed by atoms with E-state index in [9.17, 15) is 4.79 Å². The molecule has 0 spiro atoms. The highest BCUT2D eigenvalue weighted by Gasteiger charge is 2.23. The first-order valence-electron chi connectivity index (χ1n) is 6.92. The van der Waals surface area contributed by atoms with E-state index in [1.54, 1.807) is 6.20 Å².